The van der Waals surface area contributed by atoms with Crippen LogP contribution in [0.5, 0.6) is 0 Å². The van der Waals surface area contributed by atoms with E-state index in [1.165, 1.54) is 16.7 Å². The minimum absolute atomic E-state index is 0.0356. The van der Waals surface area contributed by atoms with E-state index in [4.69, 9.17) is 10.2 Å². The number of aliphatic imine (C=N–C) groups is 1. The lowest BCUT2D eigenvalue weighted by molar-refractivity contribution is 0.394. The van der Waals surface area contributed by atoms with Crippen molar-refractivity contribution in [3.63, 3.8) is 0 Å². The quantitative estimate of drug-likeness (QED) is 0.831. The van der Waals surface area contributed by atoms with Gasteiger partial charge in [-0.2, -0.15) is 0 Å². The molecule has 20 heavy (non-hydrogen) atoms. The fourth-order valence-corrected chi connectivity index (χ4v) is 3.42. The SMILES string of the molecule is NC1=NC2(CCc3c(cccc3-c3ccoc3)C2)CN1. The molecule has 0 radical (unpaired) electrons. The summed E-state index contributed by atoms with van der Waals surface area (Å²) in [7, 11) is 0. The van der Waals surface area contributed by atoms with Gasteiger partial charge in [-0.15, -0.1) is 0 Å². The molecule has 1 aliphatic carbocycles. The number of nitrogens with one attached hydrogen (secondary N) is 1. The smallest absolute Gasteiger partial charge is 0.189 e. The van der Waals surface area contributed by atoms with Gasteiger partial charge in [-0.25, -0.2) is 4.99 Å². The van der Waals surface area contributed by atoms with E-state index < -0.39 is 0 Å². The Bertz CT molecular complexity index is 675. The standard InChI is InChI=1S/C16H17N3O/c17-15-18-10-16(19-15)6-4-14-11(8-16)2-1-3-13(14)12-5-7-20-9-12/h1-3,5,7,9H,4,6,8,10H2,(H3,17,18,19). The number of guanidine groups is 1. The van der Waals surface area contributed by atoms with Gasteiger partial charge in [0.25, 0.3) is 0 Å². The fraction of sp³-hybridized carbons (Fsp3) is 0.312. The molecule has 0 saturated heterocycles. The highest BCUT2D eigenvalue weighted by Gasteiger charge is 2.38. The Morgan fingerprint density at radius 1 is 1.30 bits per heavy atom. The molecule has 0 amide bonds. The van der Waals surface area contributed by atoms with Gasteiger partial charge in [0.2, 0.25) is 0 Å². The summed E-state index contributed by atoms with van der Waals surface area (Å²) in [6.07, 6.45) is 6.58. The highest BCUT2D eigenvalue weighted by molar-refractivity contribution is 5.80. The van der Waals surface area contributed by atoms with Crippen LogP contribution in [0.4, 0.5) is 0 Å². The molecule has 1 spiro atoms. The van der Waals surface area contributed by atoms with Crippen LogP contribution in [-0.2, 0) is 12.8 Å². The minimum atomic E-state index is -0.0356. The summed E-state index contributed by atoms with van der Waals surface area (Å²) < 4.78 is 5.22. The molecule has 2 aliphatic rings. The lowest BCUT2D eigenvalue weighted by Crippen LogP contribution is -2.39. The summed E-state index contributed by atoms with van der Waals surface area (Å²) in [6.45, 7) is 0.855. The number of benzene rings is 1. The Morgan fingerprint density at radius 3 is 3.00 bits per heavy atom. The fourth-order valence-electron chi connectivity index (χ4n) is 3.42. The third kappa shape index (κ3) is 1.72. The van der Waals surface area contributed by atoms with Crippen LogP contribution in [0.15, 0.2) is 46.2 Å². The molecule has 1 aliphatic heterocycles. The molecule has 2 aromatic rings. The zero-order chi connectivity index (χ0) is 13.6. The van der Waals surface area contributed by atoms with Gasteiger partial charge in [-0.3, -0.25) is 0 Å². The van der Waals surface area contributed by atoms with E-state index in [-0.39, 0.29) is 5.54 Å². The summed E-state index contributed by atoms with van der Waals surface area (Å²) in [5.41, 5.74) is 11.0. The largest absolute Gasteiger partial charge is 0.472 e. The van der Waals surface area contributed by atoms with E-state index in [0.29, 0.717) is 5.96 Å². The van der Waals surface area contributed by atoms with Gasteiger partial charge >= 0.3 is 0 Å². The van der Waals surface area contributed by atoms with Crippen LogP contribution in [-0.4, -0.2) is 18.0 Å². The van der Waals surface area contributed by atoms with Crippen molar-refractivity contribution in [1.29, 1.82) is 0 Å². The topological polar surface area (TPSA) is 63.5 Å². The normalized spacial score (nSPS) is 24.3. The van der Waals surface area contributed by atoms with Crippen molar-refractivity contribution in [2.45, 2.75) is 24.8 Å². The summed E-state index contributed by atoms with van der Waals surface area (Å²) in [5.74, 6) is 0.583. The lowest BCUT2D eigenvalue weighted by Gasteiger charge is -2.32. The monoisotopic (exact) mass is 267 g/mol. The maximum absolute atomic E-state index is 5.79. The van der Waals surface area contributed by atoms with E-state index in [9.17, 15) is 0 Å². The Kier molecular flexibility index (Phi) is 2.39. The van der Waals surface area contributed by atoms with Gasteiger partial charge in [0, 0.05) is 12.1 Å². The van der Waals surface area contributed by atoms with E-state index in [1.54, 1.807) is 6.26 Å². The molecule has 102 valence electrons. The Morgan fingerprint density at radius 2 is 2.25 bits per heavy atom. The van der Waals surface area contributed by atoms with Crippen LogP contribution in [0.1, 0.15) is 17.5 Å². The molecule has 1 atom stereocenters. The number of nitrogens with zero attached hydrogens (tertiary/aromatic N) is 1. The number of hydrogen-bond donors (Lipinski definition) is 2. The molecule has 1 aromatic carbocycles. The molecular formula is C16H17N3O. The molecule has 3 N–H and O–H groups in total. The highest BCUT2D eigenvalue weighted by atomic mass is 16.3. The molecule has 1 unspecified atom stereocenters. The van der Waals surface area contributed by atoms with Gasteiger partial charge in [0.05, 0.1) is 18.1 Å². The first-order valence-electron chi connectivity index (χ1n) is 6.98. The van der Waals surface area contributed by atoms with Crippen molar-refractivity contribution in [2.24, 2.45) is 10.7 Å². The zero-order valence-corrected chi connectivity index (χ0v) is 11.2. The Labute approximate surface area is 117 Å². The molecular weight excluding hydrogens is 250 g/mol. The molecule has 4 heteroatoms. The molecule has 2 heterocycles. The predicted octanol–water partition coefficient (Wildman–Crippen LogP) is 2.09. The Hall–Kier alpha value is -2.23. The van der Waals surface area contributed by atoms with Crippen LogP contribution in [0.25, 0.3) is 11.1 Å². The van der Waals surface area contributed by atoms with E-state index in [0.717, 1.165) is 31.4 Å². The van der Waals surface area contributed by atoms with Crippen molar-refractivity contribution >= 4 is 5.96 Å². The average Bonchev–Trinajstić information content (AvgIpc) is 3.09. The second kappa shape index (κ2) is 4.13. The molecule has 4 rings (SSSR count). The third-order valence-electron chi connectivity index (χ3n) is 4.42. The number of hydrogen-bond acceptors (Lipinski definition) is 4. The van der Waals surface area contributed by atoms with Crippen LogP contribution >= 0.6 is 0 Å². The average molecular weight is 267 g/mol. The van der Waals surface area contributed by atoms with E-state index in [2.05, 4.69) is 28.5 Å². The first-order valence-corrected chi connectivity index (χ1v) is 6.98. The number of fused-ring (bicyclic) bond motifs is 1. The van der Waals surface area contributed by atoms with Crippen molar-refractivity contribution in [3.05, 3.63) is 47.9 Å². The van der Waals surface area contributed by atoms with Crippen LogP contribution in [0.3, 0.4) is 0 Å². The first-order chi connectivity index (χ1) is 9.76. The molecule has 4 nitrogen and oxygen atoms in total. The van der Waals surface area contributed by atoms with E-state index >= 15 is 0 Å². The molecule has 0 bridgehead atoms. The lowest BCUT2D eigenvalue weighted by atomic mass is 9.76. The maximum atomic E-state index is 5.79. The highest BCUT2D eigenvalue weighted by Crippen LogP contribution is 2.37. The molecule has 0 saturated carbocycles. The van der Waals surface area contributed by atoms with Crippen LogP contribution in [0.2, 0.25) is 0 Å². The minimum Gasteiger partial charge on any atom is -0.472 e. The van der Waals surface area contributed by atoms with E-state index in [1.807, 2.05) is 12.3 Å². The van der Waals surface area contributed by atoms with Crippen molar-refractivity contribution in [1.82, 2.24) is 5.32 Å². The van der Waals surface area contributed by atoms with Crippen molar-refractivity contribution in [2.75, 3.05) is 6.54 Å². The van der Waals surface area contributed by atoms with Gasteiger partial charge in [-0.1, -0.05) is 18.2 Å². The molecule has 0 fully saturated rings. The number of furan rings is 1. The van der Waals surface area contributed by atoms with Gasteiger partial charge in [-0.05, 0) is 42.0 Å². The van der Waals surface area contributed by atoms with Crippen molar-refractivity contribution in [3.8, 4) is 11.1 Å². The maximum Gasteiger partial charge on any atom is 0.189 e. The third-order valence-corrected chi connectivity index (χ3v) is 4.42. The van der Waals surface area contributed by atoms with Gasteiger partial charge in [0.1, 0.15) is 0 Å². The summed E-state index contributed by atoms with van der Waals surface area (Å²) in [5, 5.41) is 3.17. The summed E-state index contributed by atoms with van der Waals surface area (Å²) >= 11 is 0. The van der Waals surface area contributed by atoms with Crippen LogP contribution in [0, 0.1) is 0 Å². The second-order valence-electron chi connectivity index (χ2n) is 5.71. The summed E-state index contributed by atoms with van der Waals surface area (Å²) in [6, 6.07) is 8.53. The number of nitrogens with two attached hydrogens (primary N) is 1. The molecule has 1 aromatic heterocycles. The second-order valence-corrected chi connectivity index (χ2v) is 5.71. The first kappa shape index (κ1) is 11.6. The number of rotatable bonds is 1. The van der Waals surface area contributed by atoms with Crippen molar-refractivity contribution < 1.29 is 4.42 Å². The predicted molar refractivity (Wildman–Crippen MR) is 78.5 cm³/mol. The van der Waals surface area contributed by atoms with Gasteiger partial charge in [0.15, 0.2) is 5.96 Å². The Balaban J connectivity index is 1.76. The van der Waals surface area contributed by atoms with Gasteiger partial charge < -0.3 is 15.5 Å². The summed E-state index contributed by atoms with van der Waals surface area (Å²) in [4.78, 5) is 4.64. The zero-order valence-electron chi connectivity index (χ0n) is 11.2. The van der Waals surface area contributed by atoms with Crippen LogP contribution < -0.4 is 11.1 Å².